The van der Waals surface area contributed by atoms with Crippen molar-refractivity contribution in [1.82, 2.24) is 14.8 Å². The lowest BCUT2D eigenvalue weighted by atomic mass is 10.2. The zero-order valence-electron chi connectivity index (χ0n) is 11.5. The molecule has 0 aromatic carbocycles. The number of rotatable bonds is 7. The molecule has 0 bridgehead atoms. The first-order valence-corrected chi connectivity index (χ1v) is 8.38. The summed E-state index contributed by atoms with van der Waals surface area (Å²) in [4.78, 5) is 11.8. The van der Waals surface area contributed by atoms with E-state index in [2.05, 4.69) is 35.5 Å². The molecule has 2 heterocycles. The van der Waals surface area contributed by atoms with E-state index in [1.54, 1.807) is 11.3 Å². The molecule has 7 heteroatoms. The van der Waals surface area contributed by atoms with Gasteiger partial charge in [-0.3, -0.25) is 4.79 Å². The van der Waals surface area contributed by atoms with Crippen molar-refractivity contribution in [2.24, 2.45) is 0 Å². The van der Waals surface area contributed by atoms with Crippen molar-refractivity contribution in [2.75, 3.05) is 5.75 Å². The number of aliphatic carboxylic acids is 1. The summed E-state index contributed by atoms with van der Waals surface area (Å²) in [6.07, 6.45) is 1.91. The van der Waals surface area contributed by atoms with Gasteiger partial charge in [-0.2, -0.15) is 0 Å². The summed E-state index contributed by atoms with van der Waals surface area (Å²) in [7, 11) is 0. The van der Waals surface area contributed by atoms with Crippen molar-refractivity contribution in [3.05, 3.63) is 17.0 Å². The van der Waals surface area contributed by atoms with Crippen LogP contribution in [0.4, 0.5) is 0 Å². The average molecular weight is 311 g/mol. The van der Waals surface area contributed by atoms with Crippen LogP contribution >= 0.6 is 23.1 Å². The lowest BCUT2D eigenvalue weighted by molar-refractivity contribution is -0.133. The Morgan fingerprint density at radius 3 is 2.90 bits per heavy atom. The van der Waals surface area contributed by atoms with E-state index in [9.17, 15) is 4.79 Å². The molecular formula is C13H17N3O2S2. The van der Waals surface area contributed by atoms with Crippen molar-refractivity contribution in [2.45, 2.75) is 38.4 Å². The maximum Gasteiger partial charge on any atom is 0.313 e. The summed E-state index contributed by atoms with van der Waals surface area (Å²) in [6, 6.07) is 2.11. The molecule has 0 radical (unpaired) electrons. The van der Waals surface area contributed by atoms with Crippen molar-refractivity contribution in [3.63, 3.8) is 0 Å². The molecule has 0 spiro atoms. The van der Waals surface area contributed by atoms with Gasteiger partial charge in [0.25, 0.3) is 0 Å². The van der Waals surface area contributed by atoms with Gasteiger partial charge in [0.2, 0.25) is 0 Å². The van der Waals surface area contributed by atoms with Crippen LogP contribution in [0.15, 0.2) is 16.6 Å². The van der Waals surface area contributed by atoms with Crippen LogP contribution in [0.1, 0.15) is 25.8 Å². The fourth-order valence-corrected chi connectivity index (χ4v) is 3.60. The second kappa shape index (κ2) is 6.90. The first-order chi connectivity index (χ1) is 9.67. The minimum atomic E-state index is -0.840. The van der Waals surface area contributed by atoms with Crippen LogP contribution in [-0.2, 0) is 17.8 Å². The minimum absolute atomic E-state index is 0.00687. The van der Waals surface area contributed by atoms with Gasteiger partial charge in [0.05, 0.1) is 10.6 Å². The second-order valence-electron chi connectivity index (χ2n) is 4.27. The van der Waals surface area contributed by atoms with Gasteiger partial charge in [-0.05, 0) is 29.9 Å². The smallest absolute Gasteiger partial charge is 0.313 e. The summed E-state index contributed by atoms with van der Waals surface area (Å²) in [5.41, 5.74) is 1.26. The van der Waals surface area contributed by atoms with Crippen molar-refractivity contribution in [1.29, 1.82) is 0 Å². The molecule has 0 saturated heterocycles. The lowest BCUT2D eigenvalue weighted by Gasteiger charge is -2.08. The quantitative estimate of drug-likeness (QED) is 0.796. The zero-order chi connectivity index (χ0) is 14.5. The number of aryl methyl sites for hydroxylation is 1. The predicted molar refractivity (Wildman–Crippen MR) is 81.4 cm³/mol. The minimum Gasteiger partial charge on any atom is -0.481 e. The first kappa shape index (κ1) is 15.1. The molecule has 108 valence electrons. The van der Waals surface area contributed by atoms with E-state index >= 15 is 0 Å². The molecule has 0 aliphatic rings. The molecule has 5 nitrogen and oxygen atoms in total. The third-order valence-electron chi connectivity index (χ3n) is 2.82. The highest BCUT2D eigenvalue weighted by Gasteiger charge is 2.17. The van der Waals surface area contributed by atoms with Crippen LogP contribution < -0.4 is 0 Å². The fourth-order valence-electron chi connectivity index (χ4n) is 1.93. The number of hydrogen-bond donors (Lipinski definition) is 1. The number of thiophene rings is 1. The van der Waals surface area contributed by atoms with E-state index < -0.39 is 5.97 Å². The van der Waals surface area contributed by atoms with Crippen LogP contribution in [0, 0.1) is 0 Å². The SMILES string of the molecule is CCCn1c(SCC(=O)O)nnc1-c1sccc1CC. The first-order valence-electron chi connectivity index (χ1n) is 6.51. The molecule has 0 aliphatic heterocycles. The van der Waals surface area contributed by atoms with E-state index in [-0.39, 0.29) is 5.75 Å². The number of aromatic nitrogens is 3. The Morgan fingerprint density at radius 1 is 1.45 bits per heavy atom. The van der Waals surface area contributed by atoms with Crippen LogP contribution in [0.5, 0.6) is 0 Å². The maximum atomic E-state index is 10.7. The van der Waals surface area contributed by atoms with Gasteiger partial charge in [-0.1, -0.05) is 25.6 Å². The highest BCUT2D eigenvalue weighted by molar-refractivity contribution is 7.99. The topological polar surface area (TPSA) is 68.0 Å². The second-order valence-corrected chi connectivity index (χ2v) is 6.13. The molecular weight excluding hydrogens is 294 g/mol. The monoisotopic (exact) mass is 311 g/mol. The van der Waals surface area contributed by atoms with Gasteiger partial charge in [0, 0.05) is 6.54 Å². The Hall–Kier alpha value is -1.34. The van der Waals surface area contributed by atoms with Crippen LogP contribution in [0.2, 0.25) is 0 Å². The molecule has 0 atom stereocenters. The molecule has 0 unspecified atom stereocenters. The van der Waals surface area contributed by atoms with Crippen molar-refractivity contribution in [3.8, 4) is 10.7 Å². The molecule has 2 rings (SSSR count). The number of nitrogens with zero attached hydrogens (tertiary/aromatic N) is 3. The zero-order valence-corrected chi connectivity index (χ0v) is 13.1. The van der Waals surface area contributed by atoms with Crippen LogP contribution in [0.3, 0.4) is 0 Å². The van der Waals surface area contributed by atoms with Gasteiger partial charge in [-0.15, -0.1) is 21.5 Å². The standard InChI is InChI=1S/C13H17N3O2S2/c1-3-6-16-12(11-9(4-2)5-7-19-11)14-15-13(16)20-8-10(17)18/h5,7H,3-4,6,8H2,1-2H3,(H,17,18). The Balaban J connectivity index is 2.35. The Bertz CT molecular complexity index is 592. The van der Waals surface area contributed by atoms with E-state index in [4.69, 9.17) is 5.11 Å². The molecule has 0 aliphatic carbocycles. The average Bonchev–Trinajstić information content (AvgIpc) is 3.02. The van der Waals surface area contributed by atoms with Gasteiger partial charge >= 0.3 is 5.97 Å². The van der Waals surface area contributed by atoms with Crippen LogP contribution in [0.25, 0.3) is 10.7 Å². The Kier molecular flexibility index (Phi) is 5.19. The Morgan fingerprint density at radius 2 is 2.25 bits per heavy atom. The molecule has 1 N–H and O–H groups in total. The molecule has 20 heavy (non-hydrogen) atoms. The lowest BCUT2D eigenvalue weighted by Crippen LogP contribution is -2.04. The van der Waals surface area contributed by atoms with E-state index in [1.807, 2.05) is 4.57 Å². The van der Waals surface area contributed by atoms with Gasteiger partial charge < -0.3 is 9.67 Å². The van der Waals surface area contributed by atoms with Crippen molar-refractivity contribution >= 4 is 29.1 Å². The molecule has 0 saturated carbocycles. The fraction of sp³-hybridized carbons (Fsp3) is 0.462. The largest absolute Gasteiger partial charge is 0.481 e. The molecule has 2 aromatic heterocycles. The summed E-state index contributed by atoms with van der Waals surface area (Å²) in [5.74, 6) is 0.0203. The number of hydrogen-bond acceptors (Lipinski definition) is 5. The maximum absolute atomic E-state index is 10.7. The summed E-state index contributed by atoms with van der Waals surface area (Å²) in [5, 5.41) is 20.0. The van der Waals surface area contributed by atoms with Gasteiger partial charge in [0.15, 0.2) is 11.0 Å². The number of thioether (sulfide) groups is 1. The molecule has 0 amide bonds. The van der Waals surface area contributed by atoms with Crippen molar-refractivity contribution < 1.29 is 9.90 Å². The molecule has 0 fully saturated rings. The number of carboxylic acid groups (broad SMARTS) is 1. The normalized spacial score (nSPS) is 10.9. The summed E-state index contributed by atoms with van der Waals surface area (Å²) >= 11 is 2.88. The highest BCUT2D eigenvalue weighted by Crippen LogP contribution is 2.31. The van der Waals surface area contributed by atoms with Gasteiger partial charge in [-0.25, -0.2) is 0 Å². The third-order valence-corrected chi connectivity index (χ3v) is 4.72. The van der Waals surface area contributed by atoms with E-state index in [0.717, 1.165) is 30.1 Å². The molecule has 2 aromatic rings. The Labute approximate surface area is 126 Å². The van der Waals surface area contributed by atoms with E-state index in [1.165, 1.54) is 17.3 Å². The number of carbonyl (C=O) groups is 1. The summed E-state index contributed by atoms with van der Waals surface area (Å²) in [6.45, 7) is 5.00. The van der Waals surface area contributed by atoms with Crippen LogP contribution in [-0.4, -0.2) is 31.6 Å². The number of carboxylic acids is 1. The van der Waals surface area contributed by atoms with Gasteiger partial charge in [0.1, 0.15) is 0 Å². The highest BCUT2D eigenvalue weighted by atomic mass is 32.2. The predicted octanol–water partition coefficient (Wildman–Crippen LogP) is 3.16. The third kappa shape index (κ3) is 3.21. The summed E-state index contributed by atoms with van der Waals surface area (Å²) < 4.78 is 2.03. The van der Waals surface area contributed by atoms with E-state index in [0.29, 0.717) is 5.16 Å².